The fourth-order valence-electron chi connectivity index (χ4n) is 4.30. The second-order valence-electron chi connectivity index (χ2n) is 8.90. The molecule has 1 rings (SSSR count). The molecular formula is C25H47NO4. The second-order valence-corrected chi connectivity index (χ2v) is 8.90. The van der Waals surface area contributed by atoms with Crippen molar-refractivity contribution in [1.29, 1.82) is 0 Å². The van der Waals surface area contributed by atoms with E-state index in [2.05, 4.69) is 12.2 Å². The van der Waals surface area contributed by atoms with Crippen molar-refractivity contribution in [3.05, 3.63) is 0 Å². The number of methoxy groups -OCH3 is 1. The highest BCUT2D eigenvalue weighted by molar-refractivity contribution is 5.72. The zero-order chi connectivity index (χ0) is 21.9. The zero-order valence-corrected chi connectivity index (χ0v) is 19.7. The van der Waals surface area contributed by atoms with E-state index >= 15 is 0 Å². The molecule has 0 radical (unpaired) electrons. The van der Waals surface area contributed by atoms with Crippen molar-refractivity contribution in [3.63, 3.8) is 0 Å². The van der Waals surface area contributed by atoms with E-state index < -0.39 is 0 Å². The van der Waals surface area contributed by atoms with Gasteiger partial charge in [-0.25, -0.2) is 0 Å². The van der Waals surface area contributed by atoms with Crippen molar-refractivity contribution < 1.29 is 19.1 Å². The maximum absolute atomic E-state index is 11.8. The van der Waals surface area contributed by atoms with Crippen molar-refractivity contribution in [3.8, 4) is 0 Å². The highest BCUT2D eigenvalue weighted by Gasteiger charge is 2.27. The van der Waals surface area contributed by atoms with Crippen LogP contribution in [0.5, 0.6) is 0 Å². The third-order valence-electron chi connectivity index (χ3n) is 6.21. The normalized spacial score (nSPS) is 18.9. The van der Waals surface area contributed by atoms with Gasteiger partial charge in [-0.05, 0) is 45.1 Å². The molecule has 5 heteroatoms. The summed E-state index contributed by atoms with van der Waals surface area (Å²) in [6, 6.07) is 0.453. The lowest BCUT2D eigenvalue weighted by Gasteiger charge is -2.28. The maximum atomic E-state index is 11.8. The van der Waals surface area contributed by atoms with Crippen molar-refractivity contribution in [2.24, 2.45) is 5.92 Å². The highest BCUT2D eigenvalue weighted by Crippen LogP contribution is 2.25. The summed E-state index contributed by atoms with van der Waals surface area (Å²) in [5.74, 6) is -0.00524. The third kappa shape index (κ3) is 14.0. The lowest BCUT2D eigenvalue weighted by molar-refractivity contribution is -0.147. The first kappa shape index (κ1) is 26.9. The molecule has 0 saturated heterocycles. The van der Waals surface area contributed by atoms with E-state index in [9.17, 15) is 9.59 Å². The van der Waals surface area contributed by atoms with Crippen LogP contribution in [0.2, 0.25) is 0 Å². The Kier molecular flexibility index (Phi) is 16.7. The fraction of sp³-hybridized carbons (Fsp3) is 0.920. The Hall–Kier alpha value is -1.10. The molecule has 0 amide bonds. The summed E-state index contributed by atoms with van der Waals surface area (Å²) in [6.07, 6.45) is 19.0. The summed E-state index contributed by atoms with van der Waals surface area (Å²) in [5, 5.41) is 3.61. The van der Waals surface area contributed by atoms with E-state index in [1.807, 2.05) is 0 Å². The van der Waals surface area contributed by atoms with Gasteiger partial charge in [-0.2, -0.15) is 0 Å². The Bertz CT molecular complexity index is 441. The highest BCUT2D eigenvalue weighted by atomic mass is 16.5. The minimum Gasteiger partial charge on any atom is -0.469 e. The number of hydrogen-bond acceptors (Lipinski definition) is 5. The average molecular weight is 426 g/mol. The van der Waals surface area contributed by atoms with E-state index in [4.69, 9.17) is 9.47 Å². The Balaban J connectivity index is 1.85. The van der Waals surface area contributed by atoms with Gasteiger partial charge in [-0.1, -0.05) is 71.1 Å². The molecule has 1 saturated carbocycles. The molecule has 30 heavy (non-hydrogen) atoms. The van der Waals surface area contributed by atoms with Crippen LogP contribution in [0.25, 0.3) is 0 Å². The molecule has 1 N–H and O–H groups in total. The minimum absolute atomic E-state index is 0.0277. The average Bonchev–Trinajstić information content (AvgIpc) is 2.77. The van der Waals surface area contributed by atoms with Gasteiger partial charge in [0.25, 0.3) is 0 Å². The van der Waals surface area contributed by atoms with Crippen LogP contribution >= 0.6 is 0 Å². The molecule has 1 aliphatic rings. The molecule has 0 aromatic carbocycles. The number of ether oxygens (including phenoxy) is 2. The topological polar surface area (TPSA) is 64.6 Å². The van der Waals surface area contributed by atoms with E-state index in [1.54, 1.807) is 0 Å². The summed E-state index contributed by atoms with van der Waals surface area (Å²) in [4.78, 5) is 23.4. The monoisotopic (exact) mass is 425 g/mol. The lowest BCUT2D eigenvalue weighted by atomic mass is 9.85. The standard InChI is InChI=1S/C25H47NO4/c1-3-4-5-6-7-11-14-20-30-24(27)18-12-9-8-10-13-19-26-23-17-15-16-22(21-23)25(28)29-2/h22-23,26H,3-21H2,1-2H3. The molecule has 2 unspecified atom stereocenters. The van der Waals surface area contributed by atoms with Gasteiger partial charge in [0.05, 0.1) is 19.6 Å². The number of esters is 2. The van der Waals surface area contributed by atoms with Gasteiger partial charge in [0.2, 0.25) is 0 Å². The third-order valence-corrected chi connectivity index (χ3v) is 6.21. The molecule has 0 aromatic rings. The first-order valence-corrected chi connectivity index (χ1v) is 12.6. The van der Waals surface area contributed by atoms with Gasteiger partial charge in [0.1, 0.15) is 0 Å². The van der Waals surface area contributed by atoms with Crippen molar-refractivity contribution in [2.75, 3.05) is 20.3 Å². The Labute approximate surface area is 185 Å². The van der Waals surface area contributed by atoms with E-state index in [1.165, 1.54) is 58.5 Å². The van der Waals surface area contributed by atoms with Crippen LogP contribution in [0.4, 0.5) is 0 Å². The van der Waals surface area contributed by atoms with Gasteiger partial charge in [-0.3, -0.25) is 9.59 Å². The summed E-state index contributed by atoms with van der Waals surface area (Å²) >= 11 is 0. The molecule has 1 aliphatic carbocycles. The van der Waals surface area contributed by atoms with Crippen molar-refractivity contribution in [2.45, 2.75) is 122 Å². The predicted octanol–water partition coefficient (Wildman–Crippen LogP) is 5.94. The maximum Gasteiger partial charge on any atom is 0.308 e. The Morgan fingerprint density at radius 3 is 2.27 bits per heavy atom. The molecule has 0 heterocycles. The minimum atomic E-state index is -0.0533. The van der Waals surface area contributed by atoms with Gasteiger partial charge >= 0.3 is 11.9 Å². The SMILES string of the molecule is CCCCCCCCCOC(=O)CCCCCCCNC1CCCC(C(=O)OC)C1. The van der Waals surface area contributed by atoms with Crippen LogP contribution < -0.4 is 5.32 Å². The van der Waals surface area contributed by atoms with Gasteiger partial charge in [-0.15, -0.1) is 0 Å². The summed E-state index contributed by atoms with van der Waals surface area (Å²) in [7, 11) is 1.48. The molecule has 176 valence electrons. The van der Waals surface area contributed by atoms with Crippen LogP contribution in [-0.4, -0.2) is 38.2 Å². The quantitative estimate of drug-likeness (QED) is 0.217. The summed E-state index contributed by atoms with van der Waals surface area (Å²) in [5.41, 5.74) is 0. The molecule has 0 aliphatic heterocycles. The predicted molar refractivity (Wildman–Crippen MR) is 122 cm³/mol. The number of nitrogens with one attached hydrogen (secondary N) is 1. The van der Waals surface area contributed by atoms with Crippen LogP contribution in [0.3, 0.4) is 0 Å². The molecule has 2 atom stereocenters. The van der Waals surface area contributed by atoms with Crippen LogP contribution in [-0.2, 0) is 19.1 Å². The number of carbonyl (C=O) groups excluding carboxylic acids is 2. The largest absolute Gasteiger partial charge is 0.469 e. The number of rotatable bonds is 18. The second kappa shape index (κ2) is 18.7. The van der Waals surface area contributed by atoms with Gasteiger partial charge in [0, 0.05) is 12.5 Å². The first-order valence-electron chi connectivity index (χ1n) is 12.6. The molecule has 5 nitrogen and oxygen atoms in total. The Morgan fingerprint density at radius 2 is 1.53 bits per heavy atom. The number of hydrogen-bond donors (Lipinski definition) is 1. The molecule has 0 spiro atoms. The lowest BCUT2D eigenvalue weighted by Crippen LogP contribution is -2.37. The smallest absolute Gasteiger partial charge is 0.308 e. The van der Waals surface area contributed by atoms with Crippen LogP contribution in [0.15, 0.2) is 0 Å². The number of carbonyl (C=O) groups is 2. The summed E-state index contributed by atoms with van der Waals surface area (Å²) in [6.45, 7) is 3.84. The first-order chi connectivity index (χ1) is 14.7. The summed E-state index contributed by atoms with van der Waals surface area (Å²) < 4.78 is 10.2. The molecule has 0 aromatic heterocycles. The molecular weight excluding hydrogens is 378 g/mol. The van der Waals surface area contributed by atoms with Crippen LogP contribution in [0, 0.1) is 5.92 Å². The molecule has 1 fully saturated rings. The van der Waals surface area contributed by atoms with Crippen molar-refractivity contribution in [1.82, 2.24) is 5.32 Å². The van der Waals surface area contributed by atoms with Gasteiger partial charge < -0.3 is 14.8 Å². The van der Waals surface area contributed by atoms with E-state index in [-0.39, 0.29) is 17.9 Å². The van der Waals surface area contributed by atoms with Gasteiger partial charge in [0.15, 0.2) is 0 Å². The number of unbranched alkanes of at least 4 members (excludes halogenated alkanes) is 10. The molecule has 0 bridgehead atoms. The van der Waals surface area contributed by atoms with E-state index in [0.29, 0.717) is 19.1 Å². The van der Waals surface area contributed by atoms with Crippen molar-refractivity contribution >= 4 is 11.9 Å². The van der Waals surface area contributed by atoms with E-state index in [0.717, 1.165) is 57.9 Å². The Morgan fingerprint density at radius 1 is 0.867 bits per heavy atom. The van der Waals surface area contributed by atoms with Crippen LogP contribution in [0.1, 0.15) is 116 Å². The fourth-order valence-corrected chi connectivity index (χ4v) is 4.30. The zero-order valence-electron chi connectivity index (χ0n) is 19.7.